The van der Waals surface area contributed by atoms with Crippen molar-refractivity contribution in [3.8, 4) is 0 Å². The standard InChI is InChI=1S/C17H27ClN4O5S2/c1-4-21(5-2)29(26,27)22-12-10-20(11-13-22)17(23)14(3)19-28(24,25)16-8-6-15(18)7-9-16/h6-9,14,19H,4-5,10-13H2,1-3H3/t14-/m0/s1. The average Bonchev–Trinajstić information content (AvgIpc) is 2.68. The first-order valence-corrected chi connectivity index (χ1v) is 12.6. The van der Waals surface area contributed by atoms with Gasteiger partial charge in [0.2, 0.25) is 15.9 Å². The molecular weight excluding hydrogens is 440 g/mol. The van der Waals surface area contributed by atoms with Crippen LogP contribution in [0.25, 0.3) is 0 Å². The molecule has 1 fully saturated rings. The minimum absolute atomic E-state index is 0.0108. The van der Waals surface area contributed by atoms with E-state index in [0.717, 1.165) is 0 Å². The van der Waals surface area contributed by atoms with Crippen LogP contribution in [0, 0.1) is 0 Å². The Kier molecular flexibility index (Phi) is 8.05. The summed E-state index contributed by atoms with van der Waals surface area (Å²) in [5.41, 5.74) is 0. The minimum atomic E-state index is -3.88. The van der Waals surface area contributed by atoms with Gasteiger partial charge in [-0.1, -0.05) is 25.4 Å². The van der Waals surface area contributed by atoms with Gasteiger partial charge in [-0.05, 0) is 31.2 Å². The zero-order valence-electron chi connectivity index (χ0n) is 16.7. The summed E-state index contributed by atoms with van der Waals surface area (Å²) in [5, 5.41) is 0.408. The molecule has 1 aromatic carbocycles. The maximum atomic E-state index is 12.7. The van der Waals surface area contributed by atoms with E-state index in [9.17, 15) is 21.6 Å². The van der Waals surface area contributed by atoms with E-state index in [2.05, 4.69) is 4.72 Å². The number of nitrogens with zero attached hydrogens (tertiary/aromatic N) is 3. The Morgan fingerprint density at radius 2 is 1.59 bits per heavy atom. The van der Waals surface area contributed by atoms with Crippen LogP contribution in [0.4, 0.5) is 0 Å². The Balaban J connectivity index is 1.99. The van der Waals surface area contributed by atoms with Crippen LogP contribution in [-0.4, -0.2) is 81.6 Å². The first kappa shape index (κ1) is 24.0. The lowest BCUT2D eigenvalue weighted by molar-refractivity contribution is -0.133. The molecule has 1 heterocycles. The number of halogens is 1. The molecule has 0 bridgehead atoms. The molecule has 0 saturated carbocycles. The summed E-state index contributed by atoms with van der Waals surface area (Å²) in [7, 11) is -7.44. The van der Waals surface area contributed by atoms with Crippen LogP contribution in [0.3, 0.4) is 0 Å². The van der Waals surface area contributed by atoms with E-state index in [1.807, 2.05) is 0 Å². The van der Waals surface area contributed by atoms with E-state index in [1.165, 1.54) is 44.7 Å². The van der Waals surface area contributed by atoms with Crippen molar-refractivity contribution in [3.05, 3.63) is 29.3 Å². The highest BCUT2D eigenvalue weighted by molar-refractivity contribution is 7.89. The molecule has 0 radical (unpaired) electrons. The Bertz CT molecular complexity index is 910. The molecule has 12 heteroatoms. The van der Waals surface area contributed by atoms with Crippen molar-refractivity contribution in [1.82, 2.24) is 18.2 Å². The molecule has 0 unspecified atom stereocenters. The van der Waals surface area contributed by atoms with Crippen LogP contribution in [0.2, 0.25) is 5.02 Å². The third kappa shape index (κ3) is 5.68. The first-order valence-electron chi connectivity index (χ1n) is 9.34. The van der Waals surface area contributed by atoms with Gasteiger partial charge in [-0.25, -0.2) is 8.42 Å². The minimum Gasteiger partial charge on any atom is -0.339 e. The van der Waals surface area contributed by atoms with E-state index in [1.54, 1.807) is 13.8 Å². The van der Waals surface area contributed by atoms with Gasteiger partial charge in [0.05, 0.1) is 10.9 Å². The molecule has 0 spiro atoms. The lowest BCUT2D eigenvalue weighted by Gasteiger charge is -2.37. The monoisotopic (exact) mass is 466 g/mol. The first-order chi connectivity index (χ1) is 13.5. The smallest absolute Gasteiger partial charge is 0.282 e. The van der Waals surface area contributed by atoms with Crippen molar-refractivity contribution < 1.29 is 21.6 Å². The summed E-state index contributed by atoms with van der Waals surface area (Å²) in [4.78, 5) is 14.1. The van der Waals surface area contributed by atoms with Crippen LogP contribution in [0.1, 0.15) is 20.8 Å². The van der Waals surface area contributed by atoms with Gasteiger partial charge in [0.15, 0.2) is 0 Å². The molecule has 1 aromatic rings. The summed E-state index contributed by atoms with van der Waals surface area (Å²) in [5.74, 6) is -0.401. The molecule has 1 amide bonds. The Labute approximate surface area is 177 Å². The molecule has 1 aliphatic heterocycles. The number of hydrogen-bond acceptors (Lipinski definition) is 5. The van der Waals surface area contributed by atoms with E-state index in [4.69, 9.17) is 11.6 Å². The Hall–Kier alpha value is -1.24. The lowest BCUT2D eigenvalue weighted by atomic mass is 10.2. The molecule has 1 atom stereocenters. The number of sulfonamides is 1. The third-order valence-corrected chi connectivity index (χ3v) is 8.73. The number of rotatable bonds is 8. The number of carbonyl (C=O) groups excluding carboxylic acids is 1. The fourth-order valence-electron chi connectivity index (χ4n) is 3.09. The lowest BCUT2D eigenvalue weighted by Crippen LogP contribution is -2.57. The Morgan fingerprint density at radius 1 is 1.07 bits per heavy atom. The summed E-state index contributed by atoms with van der Waals surface area (Å²) in [6, 6.07) is 4.65. The predicted octanol–water partition coefficient (Wildman–Crippen LogP) is 0.738. The second-order valence-corrected chi connectivity index (χ2v) is 10.7. The van der Waals surface area contributed by atoms with Crippen molar-refractivity contribution in [2.45, 2.75) is 31.7 Å². The van der Waals surface area contributed by atoms with Crippen LogP contribution >= 0.6 is 11.6 Å². The van der Waals surface area contributed by atoms with Crippen molar-refractivity contribution in [3.63, 3.8) is 0 Å². The van der Waals surface area contributed by atoms with Gasteiger partial charge in [0.25, 0.3) is 10.2 Å². The van der Waals surface area contributed by atoms with Gasteiger partial charge in [-0.3, -0.25) is 4.79 Å². The number of benzene rings is 1. The number of nitrogens with one attached hydrogen (secondary N) is 1. The predicted molar refractivity (Wildman–Crippen MR) is 111 cm³/mol. The van der Waals surface area contributed by atoms with Crippen LogP contribution in [0.5, 0.6) is 0 Å². The zero-order valence-corrected chi connectivity index (χ0v) is 19.1. The van der Waals surface area contributed by atoms with Crippen molar-refractivity contribution >= 4 is 37.7 Å². The highest BCUT2D eigenvalue weighted by Crippen LogP contribution is 2.16. The highest BCUT2D eigenvalue weighted by atomic mass is 35.5. The van der Waals surface area contributed by atoms with Gasteiger partial charge in [-0.15, -0.1) is 0 Å². The summed E-state index contributed by atoms with van der Waals surface area (Å²) < 4.78 is 55.1. The maximum absolute atomic E-state index is 12.7. The average molecular weight is 467 g/mol. The van der Waals surface area contributed by atoms with Gasteiger partial charge < -0.3 is 4.90 Å². The van der Waals surface area contributed by atoms with Crippen molar-refractivity contribution in [2.24, 2.45) is 0 Å². The second kappa shape index (κ2) is 9.71. The zero-order chi connectivity index (χ0) is 21.8. The fraction of sp³-hybridized carbons (Fsp3) is 0.588. The van der Waals surface area contributed by atoms with Gasteiger partial charge in [0.1, 0.15) is 0 Å². The molecule has 0 aliphatic carbocycles. The number of amides is 1. The van der Waals surface area contributed by atoms with Gasteiger partial charge in [-0.2, -0.15) is 21.8 Å². The van der Waals surface area contributed by atoms with Crippen LogP contribution in [-0.2, 0) is 25.0 Å². The molecule has 1 saturated heterocycles. The number of piperazine rings is 1. The topological polar surface area (TPSA) is 107 Å². The molecule has 164 valence electrons. The van der Waals surface area contributed by atoms with Crippen LogP contribution in [0.15, 0.2) is 29.2 Å². The van der Waals surface area contributed by atoms with Crippen LogP contribution < -0.4 is 4.72 Å². The van der Waals surface area contributed by atoms with E-state index in [-0.39, 0.29) is 31.1 Å². The number of hydrogen-bond donors (Lipinski definition) is 1. The summed E-state index contributed by atoms with van der Waals surface area (Å²) >= 11 is 5.78. The molecule has 1 aliphatic rings. The molecule has 1 N–H and O–H groups in total. The Morgan fingerprint density at radius 3 is 2.07 bits per heavy atom. The summed E-state index contributed by atoms with van der Waals surface area (Å²) in [6.07, 6.45) is 0. The van der Waals surface area contributed by atoms with E-state index >= 15 is 0 Å². The van der Waals surface area contributed by atoms with Gasteiger partial charge >= 0.3 is 0 Å². The highest BCUT2D eigenvalue weighted by Gasteiger charge is 2.34. The van der Waals surface area contributed by atoms with E-state index in [0.29, 0.717) is 18.1 Å². The SMILES string of the molecule is CCN(CC)S(=O)(=O)N1CCN(C(=O)[C@H](C)NS(=O)(=O)c2ccc(Cl)cc2)CC1. The van der Waals surface area contributed by atoms with Gasteiger partial charge in [0, 0.05) is 44.3 Å². The van der Waals surface area contributed by atoms with Crippen molar-refractivity contribution in [2.75, 3.05) is 39.3 Å². The molecule has 9 nitrogen and oxygen atoms in total. The molecular formula is C17H27ClN4O5S2. The largest absolute Gasteiger partial charge is 0.339 e. The molecule has 2 rings (SSSR count). The number of carbonyl (C=O) groups is 1. The molecule has 29 heavy (non-hydrogen) atoms. The van der Waals surface area contributed by atoms with Crippen molar-refractivity contribution in [1.29, 1.82) is 0 Å². The second-order valence-electron chi connectivity index (χ2n) is 6.61. The summed E-state index contributed by atoms with van der Waals surface area (Å²) in [6.45, 7) is 6.50. The third-order valence-electron chi connectivity index (χ3n) is 4.73. The van der Waals surface area contributed by atoms with E-state index < -0.39 is 32.2 Å². The maximum Gasteiger partial charge on any atom is 0.282 e. The molecule has 0 aromatic heterocycles. The quantitative estimate of drug-likeness (QED) is 0.608. The fourth-order valence-corrected chi connectivity index (χ4v) is 6.02. The normalized spacial score (nSPS) is 17.5.